The number of methoxy groups -OCH3 is 1. The summed E-state index contributed by atoms with van der Waals surface area (Å²) in [6.45, 7) is 6.21. The van der Waals surface area contributed by atoms with Gasteiger partial charge in [-0.25, -0.2) is 0 Å². The Kier molecular flexibility index (Phi) is 5.22. The molecule has 3 heteroatoms. The van der Waals surface area contributed by atoms with Crippen LogP contribution in [0.2, 0.25) is 0 Å². The van der Waals surface area contributed by atoms with Gasteiger partial charge in [-0.1, -0.05) is 30.3 Å². The number of carbonyl (C=O) groups excluding carboxylic acids is 1. The monoisotopic (exact) mass is 309 g/mol. The van der Waals surface area contributed by atoms with Crippen LogP contribution in [-0.4, -0.2) is 18.4 Å². The molecule has 0 aliphatic heterocycles. The number of carbonyl (C=O) groups is 1. The molecule has 0 saturated heterocycles. The van der Waals surface area contributed by atoms with E-state index in [-0.39, 0.29) is 11.3 Å². The van der Waals surface area contributed by atoms with Crippen LogP contribution in [0.1, 0.15) is 36.7 Å². The summed E-state index contributed by atoms with van der Waals surface area (Å²) in [6.07, 6.45) is 1.66. The van der Waals surface area contributed by atoms with Crippen molar-refractivity contribution < 1.29 is 9.53 Å². The predicted molar refractivity (Wildman–Crippen MR) is 94.6 cm³/mol. The highest BCUT2D eigenvalue weighted by Gasteiger charge is 2.14. The molecule has 23 heavy (non-hydrogen) atoms. The van der Waals surface area contributed by atoms with Crippen LogP contribution in [-0.2, 0) is 0 Å². The van der Waals surface area contributed by atoms with Crippen LogP contribution in [0.4, 0.5) is 0 Å². The summed E-state index contributed by atoms with van der Waals surface area (Å²) in [7, 11) is 1.61. The Morgan fingerprint density at radius 1 is 0.957 bits per heavy atom. The Bertz CT molecular complexity index is 680. The van der Waals surface area contributed by atoms with Crippen LogP contribution < -0.4 is 10.1 Å². The molecule has 0 spiro atoms. The van der Waals surface area contributed by atoms with Gasteiger partial charge < -0.3 is 10.1 Å². The van der Waals surface area contributed by atoms with E-state index in [1.54, 1.807) is 37.5 Å². The number of benzene rings is 2. The zero-order valence-electron chi connectivity index (χ0n) is 14.1. The number of allylic oxidation sites excluding steroid dienone is 1. The van der Waals surface area contributed by atoms with Gasteiger partial charge in [0.05, 0.1) is 7.11 Å². The van der Waals surface area contributed by atoms with Gasteiger partial charge in [-0.3, -0.25) is 4.79 Å². The van der Waals surface area contributed by atoms with Crippen molar-refractivity contribution in [1.29, 1.82) is 0 Å². The van der Waals surface area contributed by atoms with Gasteiger partial charge in [0.2, 0.25) is 0 Å². The average Bonchev–Trinajstić information content (AvgIpc) is 2.54. The fourth-order valence-corrected chi connectivity index (χ4v) is 2.18. The number of hydrogen-bond donors (Lipinski definition) is 1. The van der Waals surface area contributed by atoms with Crippen molar-refractivity contribution in [2.45, 2.75) is 26.3 Å². The summed E-state index contributed by atoms with van der Waals surface area (Å²) < 4.78 is 5.13. The van der Waals surface area contributed by atoms with E-state index in [4.69, 9.17) is 4.74 Å². The van der Waals surface area contributed by atoms with Crippen molar-refractivity contribution in [2.24, 2.45) is 0 Å². The number of hydrogen-bond acceptors (Lipinski definition) is 3. The van der Waals surface area contributed by atoms with Gasteiger partial charge in [-0.05, 0) is 50.6 Å². The van der Waals surface area contributed by atoms with Gasteiger partial charge in [-0.15, -0.1) is 0 Å². The lowest BCUT2D eigenvalue weighted by atomic mass is 10.0. The zero-order chi connectivity index (χ0) is 16.9. The topological polar surface area (TPSA) is 38.3 Å². The van der Waals surface area contributed by atoms with Crippen molar-refractivity contribution >= 4 is 11.5 Å². The molecular weight excluding hydrogens is 286 g/mol. The Hall–Kier alpha value is -2.55. The van der Waals surface area contributed by atoms with E-state index in [1.165, 1.54) is 0 Å². The lowest BCUT2D eigenvalue weighted by Gasteiger charge is -2.24. The second-order valence-electron chi connectivity index (χ2n) is 6.39. The van der Waals surface area contributed by atoms with Crippen LogP contribution in [0, 0.1) is 0 Å². The molecule has 1 N–H and O–H groups in total. The molecule has 0 bridgehead atoms. The molecule has 120 valence electrons. The summed E-state index contributed by atoms with van der Waals surface area (Å²) in [4.78, 5) is 12.6. The molecule has 2 aromatic carbocycles. The smallest absolute Gasteiger partial charge is 0.187 e. The number of rotatable bonds is 5. The first-order chi connectivity index (χ1) is 10.9. The van der Waals surface area contributed by atoms with Crippen molar-refractivity contribution in [2.75, 3.05) is 7.11 Å². The summed E-state index contributed by atoms with van der Waals surface area (Å²) in [5.41, 5.74) is 2.31. The van der Waals surface area contributed by atoms with Crippen LogP contribution in [0.15, 0.2) is 60.7 Å². The normalized spacial score (nSPS) is 11.9. The third-order valence-corrected chi connectivity index (χ3v) is 3.24. The van der Waals surface area contributed by atoms with Crippen molar-refractivity contribution in [3.63, 3.8) is 0 Å². The lowest BCUT2D eigenvalue weighted by molar-refractivity contribution is 0.104. The Morgan fingerprint density at radius 2 is 1.57 bits per heavy atom. The molecule has 0 atom stereocenters. The fourth-order valence-electron chi connectivity index (χ4n) is 2.18. The van der Waals surface area contributed by atoms with E-state index in [1.807, 2.05) is 30.3 Å². The Labute approximate surface area is 138 Å². The summed E-state index contributed by atoms with van der Waals surface area (Å²) >= 11 is 0. The van der Waals surface area contributed by atoms with Gasteiger partial charge in [0.1, 0.15) is 5.75 Å². The first-order valence-electron chi connectivity index (χ1n) is 7.63. The van der Waals surface area contributed by atoms with E-state index in [0.29, 0.717) is 5.56 Å². The summed E-state index contributed by atoms with van der Waals surface area (Å²) in [5, 5.41) is 3.41. The summed E-state index contributed by atoms with van der Waals surface area (Å²) in [5.74, 6) is 0.699. The predicted octanol–water partition coefficient (Wildman–Crippen LogP) is 4.31. The largest absolute Gasteiger partial charge is 0.497 e. The third-order valence-electron chi connectivity index (χ3n) is 3.24. The van der Waals surface area contributed by atoms with E-state index in [0.717, 1.165) is 17.0 Å². The minimum atomic E-state index is -0.137. The molecule has 0 aromatic heterocycles. The number of nitrogens with one attached hydrogen (secondary N) is 1. The Morgan fingerprint density at radius 3 is 2.09 bits per heavy atom. The highest BCUT2D eigenvalue weighted by Crippen LogP contribution is 2.18. The molecule has 0 unspecified atom stereocenters. The summed E-state index contributed by atoms with van der Waals surface area (Å²) in [6, 6.07) is 17.0. The zero-order valence-corrected chi connectivity index (χ0v) is 14.1. The molecule has 0 aliphatic carbocycles. The highest BCUT2D eigenvalue weighted by molar-refractivity contribution is 6.08. The SMILES string of the molecule is COc1ccc(C(=O)C=C(NC(C)(C)C)c2ccccc2)cc1. The number of ketones is 1. The first kappa shape index (κ1) is 16.8. The Balaban J connectivity index is 2.33. The third kappa shape index (κ3) is 4.99. The van der Waals surface area contributed by atoms with Gasteiger partial charge in [0.25, 0.3) is 0 Å². The van der Waals surface area contributed by atoms with Crippen LogP contribution >= 0.6 is 0 Å². The minimum absolute atomic E-state index is 0.0387. The fraction of sp³-hybridized carbons (Fsp3) is 0.250. The second-order valence-corrected chi connectivity index (χ2v) is 6.39. The van der Waals surface area contributed by atoms with Crippen LogP contribution in [0.3, 0.4) is 0 Å². The maximum absolute atomic E-state index is 12.6. The minimum Gasteiger partial charge on any atom is -0.497 e. The lowest BCUT2D eigenvalue weighted by Crippen LogP contribution is -2.34. The number of ether oxygens (including phenoxy) is 1. The molecular formula is C20H23NO2. The van der Waals surface area contributed by atoms with Crippen molar-refractivity contribution in [3.8, 4) is 5.75 Å². The quantitative estimate of drug-likeness (QED) is 0.661. The van der Waals surface area contributed by atoms with Gasteiger partial charge >= 0.3 is 0 Å². The molecule has 0 fully saturated rings. The highest BCUT2D eigenvalue weighted by atomic mass is 16.5. The van der Waals surface area contributed by atoms with Gasteiger partial charge in [0.15, 0.2) is 5.78 Å². The molecule has 0 heterocycles. The first-order valence-corrected chi connectivity index (χ1v) is 7.63. The molecule has 0 aliphatic rings. The van der Waals surface area contributed by atoms with E-state index >= 15 is 0 Å². The molecule has 0 amide bonds. The molecule has 2 rings (SSSR count). The van der Waals surface area contributed by atoms with Gasteiger partial charge in [-0.2, -0.15) is 0 Å². The van der Waals surface area contributed by atoms with Crippen LogP contribution in [0.25, 0.3) is 5.70 Å². The van der Waals surface area contributed by atoms with E-state index in [2.05, 4.69) is 26.1 Å². The maximum Gasteiger partial charge on any atom is 0.187 e. The standard InChI is InChI=1S/C20H23NO2/c1-20(2,3)21-18(15-8-6-5-7-9-15)14-19(22)16-10-12-17(23-4)13-11-16/h5-14,21H,1-4H3. The van der Waals surface area contributed by atoms with Gasteiger partial charge in [0, 0.05) is 22.9 Å². The molecule has 2 aromatic rings. The van der Waals surface area contributed by atoms with E-state index < -0.39 is 0 Å². The average molecular weight is 309 g/mol. The maximum atomic E-state index is 12.6. The molecule has 0 radical (unpaired) electrons. The molecule has 3 nitrogen and oxygen atoms in total. The van der Waals surface area contributed by atoms with Crippen molar-refractivity contribution in [3.05, 3.63) is 71.8 Å². The van der Waals surface area contributed by atoms with Crippen molar-refractivity contribution in [1.82, 2.24) is 5.32 Å². The van der Waals surface area contributed by atoms with Crippen LogP contribution in [0.5, 0.6) is 5.75 Å². The molecule has 0 saturated carbocycles. The second kappa shape index (κ2) is 7.14. The van der Waals surface area contributed by atoms with E-state index in [9.17, 15) is 4.79 Å².